The van der Waals surface area contributed by atoms with Crippen LogP contribution in [0.5, 0.6) is 0 Å². The Bertz CT molecular complexity index is 1100. The summed E-state index contributed by atoms with van der Waals surface area (Å²) in [5.41, 5.74) is 4.87. The first kappa shape index (κ1) is 19.5. The first-order valence-corrected chi connectivity index (χ1v) is 10.6. The molecule has 2 aliphatic heterocycles. The number of hydrogen-bond donors (Lipinski definition) is 1. The lowest BCUT2D eigenvalue weighted by Crippen LogP contribution is -2.56. The second-order valence-electron chi connectivity index (χ2n) is 8.07. The van der Waals surface area contributed by atoms with E-state index in [1.54, 1.807) is 23.1 Å². The fourth-order valence-electron chi connectivity index (χ4n) is 4.06. The lowest BCUT2D eigenvalue weighted by atomic mass is 10.1. The number of hydrogen-bond acceptors (Lipinski definition) is 7. The molecule has 0 spiro atoms. The molecule has 0 unspecified atom stereocenters. The van der Waals surface area contributed by atoms with Crippen molar-refractivity contribution in [3.05, 3.63) is 59.9 Å². The monoisotopic (exact) mass is 417 g/mol. The van der Waals surface area contributed by atoms with E-state index in [2.05, 4.69) is 56.4 Å². The van der Waals surface area contributed by atoms with Gasteiger partial charge in [-0.1, -0.05) is 0 Å². The van der Waals surface area contributed by atoms with Crippen LogP contribution < -0.4 is 10.2 Å². The summed E-state index contributed by atoms with van der Waals surface area (Å²) >= 11 is 0. The minimum Gasteiger partial charge on any atom is -0.378 e. The predicted octanol–water partition coefficient (Wildman–Crippen LogP) is 2.96. The molecule has 0 amide bonds. The Hall–Kier alpha value is -3.41. The molecule has 0 bridgehead atoms. The number of aryl methyl sites for hydroxylation is 1. The first-order chi connectivity index (χ1) is 15.2. The quantitative estimate of drug-likeness (QED) is 0.683. The van der Waals surface area contributed by atoms with Gasteiger partial charge in [0, 0.05) is 39.0 Å². The van der Waals surface area contributed by atoms with Crippen molar-refractivity contribution >= 4 is 17.3 Å². The summed E-state index contributed by atoms with van der Waals surface area (Å²) in [7, 11) is 0. The number of nitrogens with one attached hydrogen (secondary N) is 1. The van der Waals surface area contributed by atoms with E-state index >= 15 is 0 Å². The fraction of sp³-hybridized carbons (Fsp3) is 0.348. The van der Waals surface area contributed by atoms with Gasteiger partial charge in [-0.05, 0) is 55.0 Å². The topological polar surface area (TPSA) is 82.2 Å². The minimum absolute atomic E-state index is 0. The summed E-state index contributed by atoms with van der Waals surface area (Å²) in [5.74, 6) is 0.538. The molecular formula is C23H27N7O. The van der Waals surface area contributed by atoms with E-state index in [4.69, 9.17) is 10.00 Å². The van der Waals surface area contributed by atoms with Crippen molar-refractivity contribution in [3.8, 4) is 11.8 Å². The van der Waals surface area contributed by atoms with Crippen LogP contribution in [0.2, 0.25) is 0 Å². The zero-order chi connectivity index (χ0) is 21.2. The lowest BCUT2D eigenvalue weighted by molar-refractivity contribution is -0.0660. The van der Waals surface area contributed by atoms with E-state index < -0.39 is 0 Å². The Morgan fingerprint density at radius 3 is 2.52 bits per heavy atom. The molecule has 0 radical (unpaired) electrons. The van der Waals surface area contributed by atoms with Gasteiger partial charge in [-0.3, -0.25) is 4.90 Å². The molecule has 5 rings (SSSR count). The summed E-state index contributed by atoms with van der Waals surface area (Å²) in [5, 5.41) is 16.8. The molecule has 1 N–H and O–H groups in total. The summed E-state index contributed by atoms with van der Waals surface area (Å²) < 4.78 is 7.04. The molecule has 0 aliphatic carbocycles. The molecule has 2 fully saturated rings. The number of benzene rings is 2. The molecule has 160 valence electrons. The van der Waals surface area contributed by atoms with Crippen molar-refractivity contribution in [2.24, 2.45) is 0 Å². The zero-order valence-corrected chi connectivity index (χ0v) is 17.5. The molecule has 1 aromatic heterocycles. The molecule has 8 heteroatoms. The standard InChI is InChI=1S/C23H25N7O.H2/c1-17-10-19(12-21(11-17)28-6-8-29(9-7-28)22-14-31-15-22)26-23-25-16-30(27-23)20-4-2-18(13-24)3-5-20;/h2-5,10-12,16,22H,6-9,14-15H2,1H3,(H,26,27);1H. The van der Waals surface area contributed by atoms with E-state index in [-0.39, 0.29) is 1.43 Å². The Labute approximate surface area is 183 Å². The smallest absolute Gasteiger partial charge is 0.246 e. The molecule has 8 nitrogen and oxygen atoms in total. The summed E-state index contributed by atoms with van der Waals surface area (Å²) in [6.45, 7) is 8.04. The number of nitrogens with zero attached hydrogens (tertiary/aromatic N) is 6. The average Bonchev–Trinajstić information content (AvgIpc) is 3.21. The molecule has 2 aromatic carbocycles. The molecular weight excluding hydrogens is 390 g/mol. The fourth-order valence-corrected chi connectivity index (χ4v) is 4.06. The maximum atomic E-state index is 8.95. The third-order valence-corrected chi connectivity index (χ3v) is 5.89. The van der Waals surface area contributed by atoms with E-state index in [1.807, 2.05) is 12.1 Å². The molecule has 3 heterocycles. The van der Waals surface area contributed by atoms with Gasteiger partial charge in [0.05, 0.1) is 36.6 Å². The number of anilines is 3. The van der Waals surface area contributed by atoms with Gasteiger partial charge in [0.2, 0.25) is 5.95 Å². The van der Waals surface area contributed by atoms with Crippen LogP contribution in [-0.2, 0) is 4.74 Å². The molecule has 2 aliphatic rings. The maximum absolute atomic E-state index is 8.95. The highest BCUT2D eigenvalue weighted by Gasteiger charge is 2.29. The zero-order valence-electron chi connectivity index (χ0n) is 17.5. The van der Waals surface area contributed by atoms with Crippen LogP contribution in [0.3, 0.4) is 0 Å². The molecule has 2 saturated heterocycles. The average molecular weight is 418 g/mol. The van der Waals surface area contributed by atoms with Gasteiger partial charge in [-0.2, -0.15) is 10.2 Å². The van der Waals surface area contributed by atoms with Crippen molar-refractivity contribution in [1.29, 1.82) is 5.26 Å². The van der Waals surface area contributed by atoms with Crippen LogP contribution in [0, 0.1) is 18.3 Å². The van der Waals surface area contributed by atoms with Gasteiger partial charge in [-0.15, -0.1) is 5.10 Å². The summed E-state index contributed by atoms with van der Waals surface area (Å²) in [4.78, 5) is 9.37. The van der Waals surface area contributed by atoms with Crippen LogP contribution in [0.25, 0.3) is 5.69 Å². The number of piperazine rings is 1. The SMILES string of the molecule is Cc1cc(Nc2ncn(-c3ccc(C#N)cc3)n2)cc(N2CCN(C3COC3)CC2)c1.[HH]. The Kier molecular flexibility index (Phi) is 5.28. The number of ether oxygens (including phenoxy) is 1. The van der Waals surface area contributed by atoms with Gasteiger partial charge in [0.15, 0.2) is 0 Å². The highest BCUT2D eigenvalue weighted by Crippen LogP contribution is 2.26. The predicted molar refractivity (Wildman–Crippen MR) is 121 cm³/mol. The van der Waals surface area contributed by atoms with Gasteiger partial charge < -0.3 is 15.0 Å². The second kappa shape index (κ2) is 8.38. The maximum Gasteiger partial charge on any atom is 0.246 e. The third-order valence-electron chi connectivity index (χ3n) is 5.89. The highest BCUT2D eigenvalue weighted by molar-refractivity contribution is 5.64. The van der Waals surface area contributed by atoms with E-state index in [0.29, 0.717) is 17.6 Å². The molecule has 3 aromatic rings. The normalized spacial score (nSPS) is 17.2. The van der Waals surface area contributed by atoms with Gasteiger partial charge in [-0.25, -0.2) is 4.68 Å². The van der Waals surface area contributed by atoms with Crippen molar-refractivity contribution in [1.82, 2.24) is 19.7 Å². The Balaban J connectivity index is 0.00000245. The van der Waals surface area contributed by atoms with Crippen molar-refractivity contribution < 1.29 is 6.16 Å². The highest BCUT2D eigenvalue weighted by atomic mass is 16.5. The van der Waals surface area contributed by atoms with Gasteiger partial charge >= 0.3 is 0 Å². The van der Waals surface area contributed by atoms with Crippen molar-refractivity contribution in [2.45, 2.75) is 13.0 Å². The Morgan fingerprint density at radius 1 is 1.06 bits per heavy atom. The molecule has 0 atom stereocenters. The van der Waals surface area contributed by atoms with Gasteiger partial charge in [0.1, 0.15) is 6.33 Å². The van der Waals surface area contributed by atoms with Crippen LogP contribution >= 0.6 is 0 Å². The van der Waals surface area contributed by atoms with Crippen molar-refractivity contribution in [3.63, 3.8) is 0 Å². The van der Waals surface area contributed by atoms with Gasteiger partial charge in [0.25, 0.3) is 0 Å². The summed E-state index contributed by atoms with van der Waals surface area (Å²) in [6.07, 6.45) is 1.67. The van der Waals surface area contributed by atoms with E-state index in [0.717, 1.165) is 50.8 Å². The van der Waals surface area contributed by atoms with Crippen LogP contribution in [0.4, 0.5) is 17.3 Å². The van der Waals surface area contributed by atoms with Crippen molar-refractivity contribution in [2.75, 3.05) is 49.6 Å². The van der Waals surface area contributed by atoms with E-state index in [9.17, 15) is 0 Å². The van der Waals surface area contributed by atoms with Crippen LogP contribution in [0.15, 0.2) is 48.8 Å². The first-order valence-electron chi connectivity index (χ1n) is 10.6. The number of nitriles is 1. The lowest BCUT2D eigenvalue weighted by Gasteiger charge is -2.43. The number of aromatic nitrogens is 3. The Morgan fingerprint density at radius 2 is 1.84 bits per heavy atom. The number of rotatable bonds is 5. The summed E-state index contributed by atoms with van der Waals surface area (Å²) in [6, 6.07) is 16.5. The second-order valence-corrected chi connectivity index (χ2v) is 8.07. The third kappa shape index (κ3) is 4.24. The molecule has 31 heavy (non-hydrogen) atoms. The van der Waals surface area contributed by atoms with Crippen LogP contribution in [0.1, 0.15) is 12.6 Å². The largest absolute Gasteiger partial charge is 0.378 e. The van der Waals surface area contributed by atoms with E-state index in [1.165, 1.54) is 11.3 Å². The molecule has 0 saturated carbocycles. The van der Waals surface area contributed by atoms with Crippen LogP contribution in [-0.4, -0.2) is 65.1 Å². The minimum atomic E-state index is 0.